The molecular weight excluding hydrogens is 192 g/mol. The molecule has 0 aliphatic rings. The van der Waals surface area contributed by atoms with Gasteiger partial charge in [0.15, 0.2) is 0 Å². The number of nitrogens with zero attached hydrogens (tertiary/aromatic N) is 1. The molecule has 0 radical (unpaired) electrons. The summed E-state index contributed by atoms with van der Waals surface area (Å²) >= 11 is 0. The van der Waals surface area contributed by atoms with Crippen LogP contribution in [0.3, 0.4) is 0 Å². The second-order valence-electron chi connectivity index (χ2n) is 4.68. The first kappa shape index (κ1) is 14.4. The minimum atomic E-state index is -0.331. The van der Waals surface area contributed by atoms with Crippen molar-refractivity contribution in [1.29, 1.82) is 0 Å². The number of nitrogens with two attached hydrogens (primary N) is 1. The maximum absolute atomic E-state index is 12.0. The monoisotopic (exact) mass is 216 g/mol. The van der Waals surface area contributed by atoms with Crippen molar-refractivity contribution in [3.05, 3.63) is 0 Å². The standard InChI is InChI=1S/C11H24N2O2/c1-11(2,3)10(14)13(7-5-6-12)8-9-15-4/h5-9,12H2,1-4H3. The van der Waals surface area contributed by atoms with E-state index in [-0.39, 0.29) is 11.3 Å². The van der Waals surface area contributed by atoms with Crippen molar-refractivity contribution in [2.45, 2.75) is 27.2 Å². The summed E-state index contributed by atoms with van der Waals surface area (Å²) in [5, 5.41) is 0. The van der Waals surface area contributed by atoms with E-state index < -0.39 is 0 Å². The number of methoxy groups -OCH3 is 1. The van der Waals surface area contributed by atoms with Crippen LogP contribution in [0.15, 0.2) is 0 Å². The molecule has 1 amide bonds. The Labute approximate surface area is 92.8 Å². The van der Waals surface area contributed by atoms with Gasteiger partial charge in [0.1, 0.15) is 0 Å². The topological polar surface area (TPSA) is 55.6 Å². The predicted octanol–water partition coefficient (Wildman–Crippen LogP) is 0.856. The third-order valence-electron chi connectivity index (χ3n) is 2.13. The Morgan fingerprint density at radius 2 is 1.93 bits per heavy atom. The lowest BCUT2D eigenvalue weighted by Crippen LogP contribution is -2.42. The third-order valence-corrected chi connectivity index (χ3v) is 2.13. The van der Waals surface area contributed by atoms with Crippen LogP contribution in [0.5, 0.6) is 0 Å². The van der Waals surface area contributed by atoms with Gasteiger partial charge in [-0.3, -0.25) is 4.79 Å². The van der Waals surface area contributed by atoms with Crippen molar-refractivity contribution in [3.63, 3.8) is 0 Å². The Morgan fingerprint density at radius 3 is 2.33 bits per heavy atom. The number of carbonyl (C=O) groups excluding carboxylic acids is 1. The molecule has 0 aliphatic heterocycles. The van der Waals surface area contributed by atoms with Gasteiger partial charge in [0.2, 0.25) is 5.91 Å². The van der Waals surface area contributed by atoms with E-state index in [0.717, 1.165) is 13.0 Å². The predicted molar refractivity (Wildman–Crippen MR) is 61.6 cm³/mol. The molecule has 0 saturated carbocycles. The molecule has 90 valence electrons. The number of ether oxygens (including phenoxy) is 1. The van der Waals surface area contributed by atoms with Crippen LogP contribution in [0.25, 0.3) is 0 Å². The van der Waals surface area contributed by atoms with E-state index >= 15 is 0 Å². The van der Waals surface area contributed by atoms with Crippen molar-refractivity contribution in [2.24, 2.45) is 11.1 Å². The molecule has 0 aromatic rings. The minimum Gasteiger partial charge on any atom is -0.383 e. The van der Waals surface area contributed by atoms with E-state index in [1.54, 1.807) is 7.11 Å². The summed E-state index contributed by atoms with van der Waals surface area (Å²) < 4.78 is 4.99. The van der Waals surface area contributed by atoms with Gasteiger partial charge in [-0.25, -0.2) is 0 Å². The first-order chi connectivity index (χ1) is 6.93. The van der Waals surface area contributed by atoms with E-state index in [0.29, 0.717) is 19.7 Å². The highest BCUT2D eigenvalue weighted by molar-refractivity contribution is 5.81. The van der Waals surface area contributed by atoms with Gasteiger partial charge in [-0.1, -0.05) is 20.8 Å². The van der Waals surface area contributed by atoms with E-state index in [1.165, 1.54) is 0 Å². The van der Waals surface area contributed by atoms with Gasteiger partial charge < -0.3 is 15.4 Å². The van der Waals surface area contributed by atoms with Crippen LogP contribution in [0.2, 0.25) is 0 Å². The van der Waals surface area contributed by atoms with Crippen molar-refractivity contribution in [2.75, 3.05) is 33.4 Å². The fraction of sp³-hybridized carbons (Fsp3) is 0.909. The Morgan fingerprint density at radius 1 is 1.33 bits per heavy atom. The molecular formula is C11H24N2O2. The molecule has 0 unspecified atom stereocenters. The SMILES string of the molecule is COCCN(CCCN)C(=O)C(C)(C)C. The normalized spacial score (nSPS) is 11.5. The van der Waals surface area contributed by atoms with Crippen molar-refractivity contribution < 1.29 is 9.53 Å². The molecule has 0 bridgehead atoms. The second kappa shape index (κ2) is 6.80. The second-order valence-corrected chi connectivity index (χ2v) is 4.68. The number of amides is 1. The lowest BCUT2D eigenvalue weighted by molar-refractivity contribution is -0.140. The van der Waals surface area contributed by atoms with Crippen LogP contribution < -0.4 is 5.73 Å². The zero-order valence-electron chi connectivity index (χ0n) is 10.4. The lowest BCUT2D eigenvalue weighted by atomic mass is 9.94. The molecule has 0 aromatic carbocycles. The smallest absolute Gasteiger partial charge is 0.228 e. The summed E-state index contributed by atoms with van der Waals surface area (Å²) in [5.74, 6) is 0.160. The van der Waals surface area contributed by atoms with Crippen LogP contribution in [0.4, 0.5) is 0 Å². The molecule has 0 saturated heterocycles. The lowest BCUT2D eigenvalue weighted by Gasteiger charge is -2.29. The largest absolute Gasteiger partial charge is 0.383 e. The van der Waals surface area contributed by atoms with Crippen LogP contribution in [0.1, 0.15) is 27.2 Å². The van der Waals surface area contributed by atoms with Crippen molar-refractivity contribution in [3.8, 4) is 0 Å². The van der Waals surface area contributed by atoms with E-state index in [4.69, 9.17) is 10.5 Å². The van der Waals surface area contributed by atoms with Gasteiger partial charge in [0.25, 0.3) is 0 Å². The maximum atomic E-state index is 12.0. The molecule has 0 spiro atoms. The fourth-order valence-corrected chi connectivity index (χ4v) is 1.27. The van der Waals surface area contributed by atoms with Gasteiger partial charge in [0.05, 0.1) is 6.61 Å². The molecule has 0 fully saturated rings. The Hall–Kier alpha value is -0.610. The summed E-state index contributed by atoms with van der Waals surface area (Å²) in [6, 6.07) is 0. The number of carbonyl (C=O) groups is 1. The zero-order valence-corrected chi connectivity index (χ0v) is 10.4. The molecule has 0 aliphatic carbocycles. The summed E-state index contributed by atoms with van der Waals surface area (Å²) in [7, 11) is 1.64. The van der Waals surface area contributed by atoms with Gasteiger partial charge in [-0.15, -0.1) is 0 Å². The Kier molecular flexibility index (Phi) is 6.52. The first-order valence-corrected chi connectivity index (χ1v) is 5.42. The van der Waals surface area contributed by atoms with Crippen LogP contribution in [0, 0.1) is 5.41 Å². The summed E-state index contributed by atoms with van der Waals surface area (Å²) in [6.45, 7) is 8.34. The third kappa shape index (κ3) is 5.74. The highest BCUT2D eigenvalue weighted by atomic mass is 16.5. The zero-order chi connectivity index (χ0) is 11.9. The highest BCUT2D eigenvalue weighted by Crippen LogP contribution is 2.17. The average molecular weight is 216 g/mol. The van der Waals surface area contributed by atoms with E-state index in [2.05, 4.69) is 0 Å². The van der Waals surface area contributed by atoms with Crippen LogP contribution >= 0.6 is 0 Å². The van der Waals surface area contributed by atoms with Crippen molar-refractivity contribution >= 4 is 5.91 Å². The average Bonchev–Trinajstić information content (AvgIpc) is 2.16. The molecule has 0 rings (SSSR count). The summed E-state index contributed by atoms with van der Waals surface area (Å²) in [5.41, 5.74) is 5.11. The molecule has 0 atom stereocenters. The molecule has 2 N–H and O–H groups in total. The first-order valence-electron chi connectivity index (χ1n) is 5.42. The van der Waals surface area contributed by atoms with Crippen molar-refractivity contribution in [1.82, 2.24) is 4.90 Å². The number of rotatable bonds is 6. The van der Waals surface area contributed by atoms with Gasteiger partial charge in [-0.2, -0.15) is 0 Å². The van der Waals surface area contributed by atoms with E-state index in [9.17, 15) is 4.79 Å². The van der Waals surface area contributed by atoms with Crippen LogP contribution in [-0.4, -0.2) is 44.2 Å². The Balaban J connectivity index is 4.27. The molecule has 4 heteroatoms. The van der Waals surface area contributed by atoms with Gasteiger partial charge in [-0.05, 0) is 13.0 Å². The fourth-order valence-electron chi connectivity index (χ4n) is 1.27. The summed E-state index contributed by atoms with van der Waals surface area (Å²) in [4.78, 5) is 13.8. The highest BCUT2D eigenvalue weighted by Gasteiger charge is 2.26. The Bertz CT molecular complexity index is 180. The maximum Gasteiger partial charge on any atom is 0.228 e. The summed E-state index contributed by atoms with van der Waals surface area (Å²) in [6.07, 6.45) is 0.839. The van der Waals surface area contributed by atoms with Crippen LogP contribution in [-0.2, 0) is 9.53 Å². The molecule has 15 heavy (non-hydrogen) atoms. The van der Waals surface area contributed by atoms with E-state index in [1.807, 2.05) is 25.7 Å². The number of hydrogen-bond acceptors (Lipinski definition) is 3. The number of hydrogen-bond donors (Lipinski definition) is 1. The molecule has 0 aromatic heterocycles. The quantitative estimate of drug-likeness (QED) is 0.716. The van der Waals surface area contributed by atoms with Gasteiger partial charge >= 0.3 is 0 Å². The molecule has 0 heterocycles. The molecule has 4 nitrogen and oxygen atoms in total. The minimum absolute atomic E-state index is 0.160. The van der Waals surface area contributed by atoms with Gasteiger partial charge in [0, 0.05) is 25.6 Å².